The number of aliphatic hydroxyl groups is 1. The maximum absolute atomic E-state index is 14.6. The van der Waals surface area contributed by atoms with Gasteiger partial charge in [0.1, 0.15) is 24.2 Å². The van der Waals surface area contributed by atoms with E-state index in [9.17, 15) is 19.5 Å². The van der Waals surface area contributed by atoms with E-state index in [0.717, 1.165) is 10.8 Å². The van der Waals surface area contributed by atoms with E-state index in [1.54, 1.807) is 11.0 Å². The summed E-state index contributed by atoms with van der Waals surface area (Å²) in [5.74, 6) is -2.73. The zero-order valence-corrected chi connectivity index (χ0v) is 22.4. The van der Waals surface area contributed by atoms with E-state index in [-0.39, 0.29) is 38.1 Å². The number of aliphatic hydroxyl groups excluding tert-OH is 1. The van der Waals surface area contributed by atoms with Crippen LogP contribution in [-0.4, -0.2) is 71.3 Å². The van der Waals surface area contributed by atoms with Gasteiger partial charge in [0, 0.05) is 25.4 Å². The van der Waals surface area contributed by atoms with Gasteiger partial charge in [-0.2, -0.15) is 0 Å². The highest BCUT2D eigenvalue weighted by atomic mass is 16.6. The molecule has 3 saturated heterocycles. The summed E-state index contributed by atoms with van der Waals surface area (Å²) >= 11 is 0. The van der Waals surface area contributed by atoms with E-state index < -0.39 is 35.0 Å². The third-order valence-electron chi connectivity index (χ3n) is 8.69. The van der Waals surface area contributed by atoms with Crippen molar-refractivity contribution in [3.05, 3.63) is 67.8 Å². The molecular formula is C31H36N2O6. The number of hydrogen-bond acceptors (Lipinski definition) is 6. The largest absolute Gasteiger partial charge is 0.461 e. The average molecular weight is 533 g/mol. The van der Waals surface area contributed by atoms with Crippen molar-refractivity contribution < 1.29 is 29.0 Å². The van der Waals surface area contributed by atoms with E-state index in [4.69, 9.17) is 9.47 Å². The molecule has 39 heavy (non-hydrogen) atoms. The maximum atomic E-state index is 14.6. The third kappa shape index (κ3) is 4.17. The van der Waals surface area contributed by atoms with Crippen molar-refractivity contribution in [1.82, 2.24) is 4.90 Å². The molecule has 1 N–H and O–H groups in total. The number of fused-ring (bicyclic) bond motifs is 2. The lowest BCUT2D eigenvalue weighted by atomic mass is 9.65. The van der Waals surface area contributed by atoms with Gasteiger partial charge in [-0.15, -0.1) is 6.58 Å². The van der Waals surface area contributed by atoms with Crippen LogP contribution in [0.1, 0.15) is 32.6 Å². The topological polar surface area (TPSA) is 96.4 Å². The number of ether oxygens (including phenoxy) is 2. The molecule has 2 bridgehead atoms. The molecule has 0 aromatic heterocycles. The maximum Gasteiger partial charge on any atom is 0.313 e. The van der Waals surface area contributed by atoms with Gasteiger partial charge < -0.3 is 24.4 Å². The molecule has 2 aromatic carbocycles. The number of carbonyl (C=O) groups is 3. The molecule has 3 aliphatic rings. The summed E-state index contributed by atoms with van der Waals surface area (Å²) in [6, 6.07) is 12.8. The van der Waals surface area contributed by atoms with Crippen LogP contribution in [0.2, 0.25) is 0 Å². The number of anilines is 1. The van der Waals surface area contributed by atoms with E-state index in [1.165, 1.54) is 11.0 Å². The molecule has 5 rings (SSSR count). The van der Waals surface area contributed by atoms with Gasteiger partial charge in [-0.25, -0.2) is 0 Å². The first-order chi connectivity index (χ1) is 18.9. The van der Waals surface area contributed by atoms with Crippen molar-refractivity contribution >= 4 is 34.2 Å². The Bertz CT molecular complexity index is 1310. The van der Waals surface area contributed by atoms with Crippen LogP contribution >= 0.6 is 0 Å². The number of carbonyl (C=O) groups excluding carboxylic acids is 3. The molecule has 8 nitrogen and oxygen atoms in total. The molecule has 8 heteroatoms. The fourth-order valence-corrected chi connectivity index (χ4v) is 7.01. The second-order valence-electron chi connectivity index (χ2n) is 10.6. The zero-order chi connectivity index (χ0) is 27.8. The minimum Gasteiger partial charge on any atom is -0.461 e. The van der Waals surface area contributed by atoms with Crippen LogP contribution in [0.5, 0.6) is 0 Å². The monoisotopic (exact) mass is 532 g/mol. The van der Waals surface area contributed by atoms with E-state index in [0.29, 0.717) is 31.4 Å². The lowest BCUT2D eigenvalue weighted by Gasteiger charge is -2.37. The van der Waals surface area contributed by atoms with Gasteiger partial charge in [0.25, 0.3) is 5.91 Å². The summed E-state index contributed by atoms with van der Waals surface area (Å²) in [7, 11) is 0. The molecule has 206 valence electrons. The van der Waals surface area contributed by atoms with Gasteiger partial charge in [0.15, 0.2) is 0 Å². The molecule has 3 aliphatic heterocycles. The predicted octanol–water partition coefficient (Wildman–Crippen LogP) is 3.63. The fourth-order valence-electron chi connectivity index (χ4n) is 7.01. The van der Waals surface area contributed by atoms with Crippen molar-refractivity contribution in [3.63, 3.8) is 0 Å². The summed E-state index contributed by atoms with van der Waals surface area (Å²) in [5, 5.41) is 11.6. The zero-order valence-electron chi connectivity index (χ0n) is 22.4. The Morgan fingerprint density at radius 2 is 1.95 bits per heavy atom. The molecule has 3 fully saturated rings. The number of benzene rings is 2. The minimum absolute atomic E-state index is 0.0364. The summed E-state index contributed by atoms with van der Waals surface area (Å²) in [6.45, 7) is 9.76. The van der Waals surface area contributed by atoms with Crippen LogP contribution in [0, 0.1) is 11.8 Å². The normalized spacial score (nSPS) is 28.9. The number of amides is 2. The molecule has 2 amide bonds. The number of nitrogens with zero attached hydrogens (tertiary/aromatic N) is 2. The molecule has 0 radical (unpaired) electrons. The van der Waals surface area contributed by atoms with Crippen LogP contribution in [0.15, 0.2) is 67.8 Å². The van der Waals surface area contributed by atoms with Gasteiger partial charge in [-0.05, 0) is 48.6 Å². The molecule has 2 unspecified atom stereocenters. The number of rotatable bonds is 11. The smallest absolute Gasteiger partial charge is 0.313 e. The molecule has 5 atom stereocenters. The molecule has 2 aromatic rings. The number of esters is 1. The van der Waals surface area contributed by atoms with E-state index in [2.05, 4.69) is 13.2 Å². The average Bonchev–Trinajstić information content (AvgIpc) is 3.56. The molecule has 0 aliphatic carbocycles. The van der Waals surface area contributed by atoms with Crippen molar-refractivity contribution in [2.45, 2.75) is 49.9 Å². The lowest BCUT2D eigenvalue weighted by molar-refractivity contribution is -0.159. The minimum atomic E-state index is -1.16. The highest BCUT2D eigenvalue weighted by molar-refractivity contribution is 6.05. The van der Waals surface area contributed by atoms with Gasteiger partial charge in [-0.1, -0.05) is 56.0 Å². The standard InChI is InChI=1S/C31H36N2O6/c1-4-16-32(23-13-12-21-10-7-8-11-22(21)20-23)28(36)26-31-15-14-30(6-3,39-31)25(29(37)38-19-5-2)24(31)27(35)33(26)17-9-18-34/h4-5,7-8,10-13,20,24-26,34H,1-2,6,9,14-19H2,3H3/t24-,25-,26?,30+,31?/m0/s1. The summed E-state index contributed by atoms with van der Waals surface area (Å²) in [6.07, 6.45) is 5.01. The Morgan fingerprint density at radius 1 is 1.18 bits per heavy atom. The van der Waals surface area contributed by atoms with Crippen molar-refractivity contribution in [1.29, 1.82) is 0 Å². The Morgan fingerprint density at radius 3 is 2.64 bits per heavy atom. The fraction of sp³-hybridized carbons (Fsp3) is 0.452. The second kappa shape index (κ2) is 10.6. The molecule has 1 spiro atoms. The highest BCUT2D eigenvalue weighted by Crippen LogP contribution is 2.64. The summed E-state index contributed by atoms with van der Waals surface area (Å²) in [5.41, 5.74) is -1.34. The molecular weight excluding hydrogens is 496 g/mol. The Kier molecular flexibility index (Phi) is 7.35. The molecule has 0 saturated carbocycles. The van der Waals surface area contributed by atoms with Crippen LogP contribution in [0.25, 0.3) is 10.8 Å². The van der Waals surface area contributed by atoms with Crippen LogP contribution in [-0.2, 0) is 23.9 Å². The first kappa shape index (κ1) is 27.1. The van der Waals surface area contributed by atoms with Crippen LogP contribution in [0.4, 0.5) is 5.69 Å². The first-order valence-corrected chi connectivity index (χ1v) is 13.7. The Balaban J connectivity index is 1.59. The number of hydrogen-bond donors (Lipinski definition) is 1. The summed E-state index contributed by atoms with van der Waals surface area (Å²) in [4.78, 5) is 45.2. The first-order valence-electron chi connectivity index (χ1n) is 13.7. The SMILES string of the molecule is C=CCOC(=O)[C@@H]1[C@H]2C(=O)N(CCCO)C(C(=O)N(CC=C)c3ccc4ccccc4c3)C23CC[C@@]1(CC)O3. The van der Waals surface area contributed by atoms with Crippen molar-refractivity contribution in [3.8, 4) is 0 Å². The predicted molar refractivity (Wildman–Crippen MR) is 148 cm³/mol. The third-order valence-corrected chi connectivity index (χ3v) is 8.69. The van der Waals surface area contributed by atoms with Crippen molar-refractivity contribution in [2.24, 2.45) is 11.8 Å². The van der Waals surface area contributed by atoms with Crippen LogP contribution in [0.3, 0.4) is 0 Å². The van der Waals surface area contributed by atoms with E-state index >= 15 is 0 Å². The van der Waals surface area contributed by atoms with Gasteiger partial charge in [0.2, 0.25) is 5.91 Å². The highest BCUT2D eigenvalue weighted by Gasteiger charge is 2.79. The van der Waals surface area contributed by atoms with E-state index in [1.807, 2.05) is 49.4 Å². The Hall–Kier alpha value is -3.49. The molecule has 3 heterocycles. The summed E-state index contributed by atoms with van der Waals surface area (Å²) < 4.78 is 12.2. The van der Waals surface area contributed by atoms with Crippen LogP contribution < -0.4 is 4.90 Å². The van der Waals surface area contributed by atoms with Crippen molar-refractivity contribution in [2.75, 3.05) is 31.2 Å². The van der Waals surface area contributed by atoms with Gasteiger partial charge in [0.05, 0.1) is 11.5 Å². The number of likely N-dealkylation sites (tertiary alicyclic amines) is 1. The lowest BCUT2D eigenvalue weighted by Crippen LogP contribution is -2.56. The second-order valence-corrected chi connectivity index (χ2v) is 10.6. The Labute approximate surface area is 228 Å². The van der Waals surface area contributed by atoms with Gasteiger partial charge in [-0.3, -0.25) is 14.4 Å². The van der Waals surface area contributed by atoms with Gasteiger partial charge >= 0.3 is 5.97 Å². The quantitative estimate of drug-likeness (QED) is 0.351.